The van der Waals surface area contributed by atoms with Gasteiger partial charge in [-0.25, -0.2) is 0 Å². The van der Waals surface area contributed by atoms with Gasteiger partial charge < -0.3 is 0 Å². The third-order valence-electron chi connectivity index (χ3n) is 5.28. The van der Waals surface area contributed by atoms with Crippen LogP contribution in [0.5, 0.6) is 0 Å². The Morgan fingerprint density at radius 1 is 0.586 bits per heavy atom. The van der Waals surface area contributed by atoms with Crippen molar-refractivity contribution >= 4 is 34.0 Å². The lowest BCUT2D eigenvalue weighted by Gasteiger charge is -2.28. The Balaban J connectivity index is 2.03. The summed E-state index contributed by atoms with van der Waals surface area (Å²) in [5.41, 5.74) is 1.17. The highest BCUT2D eigenvalue weighted by molar-refractivity contribution is 7.95. The van der Waals surface area contributed by atoms with Crippen molar-refractivity contribution in [3.8, 4) is 0 Å². The average molecular weight is 416 g/mol. The van der Waals surface area contributed by atoms with Crippen LogP contribution < -0.4 is 15.9 Å². The van der Waals surface area contributed by atoms with Crippen molar-refractivity contribution in [2.24, 2.45) is 0 Å². The maximum absolute atomic E-state index is 12.5. The Kier molecular flexibility index (Phi) is 6.04. The lowest BCUT2D eigenvalue weighted by Crippen LogP contribution is -2.32. The van der Waals surface area contributed by atoms with E-state index in [2.05, 4.69) is 103 Å². The molecule has 1 unspecified atom stereocenters. The normalized spacial score (nSPS) is 12.4. The number of hydrogen-bond acceptors (Lipinski definition) is 1. The van der Waals surface area contributed by atoms with Crippen LogP contribution in [0.25, 0.3) is 0 Å². The highest BCUT2D eigenvalue weighted by Gasteiger charge is 2.45. The molecule has 4 aromatic carbocycles. The summed E-state index contributed by atoms with van der Waals surface area (Å²) in [6, 6.07) is 40.6. The predicted molar refractivity (Wildman–Crippen MR) is 128 cm³/mol. The predicted octanol–water partition coefficient (Wildman–Crippen LogP) is 4.92. The monoisotopic (exact) mass is 415 g/mol. The molecule has 0 aliphatic heterocycles. The Morgan fingerprint density at radius 3 is 1.38 bits per heavy atom. The van der Waals surface area contributed by atoms with Crippen molar-refractivity contribution in [2.75, 3.05) is 6.26 Å². The van der Waals surface area contributed by atoms with Crippen LogP contribution in [0.1, 0.15) is 5.56 Å². The van der Waals surface area contributed by atoms with E-state index in [0.29, 0.717) is 0 Å². The lowest BCUT2D eigenvalue weighted by atomic mass is 10.2. The molecule has 0 bridgehead atoms. The molecule has 0 fully saturated rings. The molecule has 0 aromatic heterocycles. The topological polar surface area (TPSA) is 17.1 Å². The van der Waals surface area contributed by atoms with E-state index in [4.69, 9.17) is 0 Å². The third kappa shape index (κ3) is 3.96. The van der Waals surface area contributed by atoms with Crippen molar-refractivity contribution in [1.82, 2.24) is 0 Å². The van der Waals surface area contributed by atoms with Crippen LogP contribution in [0.2, 0.25) is 0 Å². The number of benzene rings is 4. The first-order chi connectivity index (χ1) is 14.2. The molecule has 4 aromatic rings. The molecule has 0 aliphatic carbocycles. The Bertz CT molecular complexity index is 998. The van der Waals surface area contributed by atoms with Crippen LogP contribution in [0.3, 0.4) is 0 Å². The smallest absolute Gasteiger partial charge is 0.116 e. The van der Waals surface area contributed by atoms with E-state index in [1.807, 2.05) is 12.1 Å². The molecular formula is C26H24OPS+. The van der Waals surface area contributed by atoms with Crippen LogP contribution in [0.15, 0.2) is 120 Å². The Hall–Kier alpha value is -2.54. The summed E-state index contributed by atoms with van der Waals surface area (Å²) < 4.78 is 12.5. The minimum Gasteiger partial charge on any atom is -0.255 e. The SMILES string of the molecule is CS(=O)c1ccccc1C[P+](c1ccccc1)(c1ccccc1)c1ccccc1. The summed E-state index contributed by atoms with van der Waals surface area (Å²) in [4.78, 5) is 0.930. The molecule has 29 heavy (non-hydrogen) atoms. The number of hydrogen-bond donors (Lipinski definition) is 0. The molecule has 0 amide bonds. The van der Waals surface area contributed by atoms with Gasteiger partial charge in [-0.2, -0.15) is 0 Å². The first-order valence-electron chi connectivity index (χ1n) is 9.68. The van der Waals surface area contributed by atoms with Crippen molar-refractivity contribution < 1.29 is 4.21 Å². The van der Waals surface area contributed by atoms with Gasteiger partial charge in [0.2, 0.25) is 0 Å². The van der Waals surface area contributed by atoms with Crippen molar-refractivity contribution in [2.45, 2.75) is 11.1 Å². The minimum atomic E-state index is -1.98. The number of rotatable bonds is 6. The Labute approximate surface area is 176 Å². The van der Waals surface area contributed by atoms with E-state index in [-0.39, 0.29) is 0 Å². The molecular weight excluding hydrogens is 391 g/mol. The van der Waals surface area contributed by atoms with E-state index in [9.17, 15) is 4.21 Å². The van der Waals surface area contributed by atoms with Crippen LogP contribution in [0.4, 0.5) is 0 Å². The molecule has 3 heteroatoms. The molecule has 0 saturated carbocycles. The highest BCUT2D eigenvalue weighted by atomic mass is 32.2. The van der Waals surface area contributed by atoms with E-state index in [1.165, 1.54) is 21.5 Å². The van der Waals surface area contributed by atoms with Crippen molar-refractivity contribution in [3.63, 3.8) is 0 Å². The second-order valence-electron chi connectivity index (χ2n) is 7.04. The van der Waals surface area contributed by atoms with Gasteiger partial charge in [0, 0.05) is 16.7 Å². The summed E-state index contributed by atoms with van der Waals surface area (Å²) in [7, 11) is -3.00. The van der Waals surface area contributed by atoms with E-state index >= 15 is 0 Å². The Morgan fingerprint density at radius 2 is 0.966 bits per heavy atom. The summed E-state index contributed by atoms with van der Waals surface area (Å²) in [5.74, 6) is 0. The summed E-state index contributed by atoms with van der Waals surface area (Å²) in [6.07, 6.45) is 2.62. The summed E-state index contributed by atoms with van der Waals surface area (Å²) in [6.45, 7) is 0. The molecule has 0 radical (unpaired) electrons. The first-order valence-corrected chi connectivity index (χ1v) is 13.2. The largest absolute Gasteiger partial charge is 0.255 e. The molecule has 0 spiro atoms. The van der Waals surface area contributed by atoms with Gasteiger partial charge in [-0.05, 0) is 42.5 Å². The second-order valence-corrected chi connectivity index (χ2v) is 11.9. The van der Waals surface area contributed by atoms with Crippen LogP contribution in [-0.4, -0.2) is 10.5 Å². The first kappa shape index (κ1) is 19.8. The molecule has 144 valence electrons. The summed E-state index contributed by atoms with van der Waals surface area (Å²) in [5, 5.41) is 4.03. The van der Waals surface area contributed by atoms with Crippen molar-refractivity contribution in [1.29, 1.82) is 0 Å². The van der Waals surface area contributed by atoms with E-state index in [1.54, 1.807) is 6.26 Å². The van der Waals surface area contributed by atoms with Gasteiger partial charge in [-0.3, -0.25) is 4.21 Å². The second kappa shape index (κ2) is 8.86. The highest BCUT2D eigenvalue weighted by Crippen LogP contribution is 2.58. The van der Waals surface area contributed by atoms with Gasteiger partial charge in [0.1, 0.15) is 23.2 Å². The van der Waals surface area contributed by atoms with Crippen LogP contribution in [-0.2, 0) is 17.0 Å². The molecule has 1 atom stereocenters. The molecule has 4 rings (SSSR count). The maximum Gasteiger partial charge on any atom is 0.116 e. The standard InChI is InChI=1S/C26H24OPS/c1-29(27)26-20-12-11-13-22(26)21-28(23-14-5-2-6-15-23,24-16-7-3-8-17-24)25-18-9-4-10-19-25/h2-20H,21H2,1H3/q+1. The fourth-order valence-corrected chi connectivity index (χ4v) is 9.10. The van der Waals surface area contributed by atoms with Gasteiger partial charge in [0.05, 0.1) is 17.0 Å². The van der Waals surface area contributed by atoms with Gasteiger partial charge in [0.25, 0.3) is 0 Å². The zero-order valence-electron chi connectivity index (χ0n) is 16.4. The van der Waals surface area contributed by atoms with Gasteiger partial charge in [0.15, 0.2) is 0 Å². The quantitative estimate of drug-likeness (QED) is 0.409. The summed E-state index contributed by atoms with van der Waals surface area (Å²) >= 11 is 0. The lowest BCUT2D eigenvalue weighted by molar-refractivity contribution is 0.686. The fourth-order valence-electron chi connectivity index (χ4n) is 3.94. The zero-order chi connectivity index (χ0) is 20.1. The molecule has 0 aliphatic rings. The maximum atomic E-state index is 12.5. The molecule has 0 saturated heterocycles. The van der Waals surface area contributed by atoms with Crippen LogP contribution >= 0.6 is 7.26 Å². The third-order valence-corrected chi connectivity index (χ3v) is 10.7. The van der Waals surface area contributed by atoms with Gasteiger partial charge in [-0.15, -0.1) is 0 Å². The van der Waals surface area contributed by atoms with Crippen molar-refractivity contribution in [3.05, 3.63) is 121 Å². The van der Waals surface area contributed by atoms with E-state index < -0.39 is 18.1 Å². The molecule has 1 nitrogen and oxygen atoms in total. The molecule has 0 N–H and O–H groups in total. The minimum absolute atomic E-state index is 0.848. The zero-order valence-corrected chi connectivity index (χ0v) is 18.2. The van der Waals surface area contributed by atoms with Crippen LogP contribution in [0, 0.1) is 0 Å². The van der Waals surface area contributed by atoms with Gasteiger partial charge >= 0.3 is 0 Å². The molecule has 0 heterocycles. The van der Waals surface area contributed by atoms with Gasteiger partial charge in [-0.1, -0.05) is 72.8 Å². The van der Waals surface area contributed by atoms with E-state index in [0.717, 1.165) is 11.1 Å². The fraction of sp³-hybridized carbons (Fsp3) is 0.0769. The average Bonchev–Trinajstić information content (AvgIpc) is 2.79.